The molecule has 2 aliphatic heterocycles. The summed E-state index contributed by atoms with van der Waals surface area (Å²) in [6, 6.07) is 13.5. The minimum atomic E-state index is -0.351. The fraction of sp³-hybridized carbons (Fsp3) is 0.333. The largest absolute Gasteiger partial charge is 0.486 e. The van der Waals surface area contributed by atoms with E-state index in [1.54, 1.807) is 11.0 Å². The number of benzene rings is 2. The zero-order chi connectivity index (χ0) is 18.8. The number of fused-ring (bicyclic) bond motifs is 1. The average molecular weight is 366 g/mol. The maximum absolute atomic E-state index is 12.5. The molecule has 2 aromatic carbocycles. The van der Waals surface area contributed by atoms with Gasteiger partial charge < -0.3 is 19.7 Å². The first kappa shape index (κ1) is 17.4. The fourth-order valence-electron chi connectivity index (χ4n) is 3.49. The number of nitrogens with one attached hydrogen (secondary N) is 1. The van der Waals surface area contributed by atoms with E-state index in [0.29, 0.717) is 37.8 Å². The Balaban J connectivity index is 1.40. The summed E-state index contributed by atoms with van der Waals surface area (Å²) in [5, 5.41) is 2.95. The maximum atomic E-state index is 12.5. The summed E-state index contributed by atoms with van der Waals surface area (Å²) in [5.74, 6) is 0.825. The van der Waals surface area contributed by atoms with Gasteiger partial charge in [0.2, 0.25) is 11.8 Å². The van der Waals surface area contributed by atoms with E-state index in [-0.39, 0.29) is 24.2 Å². The third-order valence-electron chi connectivity index (χ3n) is 4.88. The molecular weight excluding hydrogens is 344 g/mol. The number of anilines is 1. The van der Waals surface area contributed by atoms with Crippen LogP contribution in [0.1, 0.15) is 17.5 Å². The molecule has 140 valence electrons. The number of amides is 2. The van der Waals surface area contributed by atoms with Gasteiger partial charge in [0, 0.05) is 31.3 Å². The van der Waals surface area contributed by atoms with Crippen molar-refractivity contribution in [1.82, 2.24) is 5.32 Å². The van der Waals surface area contributed by atoms with E-state index < -0.39 is 0 Å². The van der Waals surface area contributed by atoms with Crippen LogP contribution in [-0.4, -0.2) is 31.6 Å². The molecule has 0 aromatic heterocycles. The summed E-state index contributed by atoms with van der Waals surface area (Å²) >= 11 is 0. The minimum Gasteiger partial charge on any atom is -0.486 e. The summed E-state index contributed by atoms with van der Waals surface area (Å²) in [4.78, 5) is 26.6. The van der Waals surface area contributed by atoms with Crippen molar-refractivity contribution < 1.29 is 19.1 Å². The summed E-state index contributed by atoms with van der Waals surface area (Å²) < 4.78 is 11.1. The lowest BCUT2D eigenvalue weighted by Crippen LogP contribution is -2.32. The molecule has 4 rings (SSSR count). The topological polar surface area (TPSA) is 67.9 Å². The first-order chi connectivity index (χ1) is 13.1. The lowest BCUT2D eigenvalue weighted by Gasteiger charge is -2.22. The molecule has 0 bridgehead atoms. The molecule has 0 saturated carbocycles. The number of nitrogens with zero attached hydrogens (tertiary/aromatic N) is 1. The number of carbonyl (C=O) groups is 2. The number of hydrogen-bond acceptors (Lipinski definition) is 4. The van der Waals surface area contributed by atoms with E-state index in [0.717, 1.165) is 16.8 Å². The van der Waals surface area contributed by atoms with Gasteiger partial charge in [0.05, 0.1) is 5.92 Å². The SMILES string of the molecule is Cc1cccc(CNC(=O)C2CC(=O)N(c3ccc4c(c3)OCCO4)C2)c1. The number of carbonyl (C=O) groups excluding carboxylic acids is 2. The van der Waals surface area contributed by atoms with Crippen molar-refractivity contribution in [3.8, 4) is 11.5 Å². The lowest BCUT2D eigenvalue weighted by molar-refractivity contribution is -0.126. The van der Waals surface area contributed by atoms with Gasteiger partial charge in [-0.05, 0) is 24.6 Å². The molecule has 1 N–H and O–H groups in total. The second-order valence-electron chi connectivity index (χ2n) is 6.94. The van der Waals surface area contributed by atoms with E-state index >= 15 is 0 Å². The van der Waals surface area contributed by atoms with Gasteiger partial charge in [0.1, 0.15) is 13.2 Å². The third kappa shape index (κ3) is 3.74. The molecular formula is C21H22N2O4. The molecule has 2 amide bonds. The van der Waals surface area contributed by atoms with Crippen molar-refractivity contribution in [3.05, 3.63) is 53.6 Å². The monoisotopic (exact) mass is 366 g/mol. The van der Waals surface area contributed by atoms with Crippen LogP contribution in [-0.2, 0) is 16.1 Å². The van der Waals surface area contributed by atoms with E-state index in [9.17, 15) is 9.59 Å². The van der Waals surface area contributed by atoms with Gasteiger partial charge in [-0.25, -0.2) is 0 Å². The highest BCUT2D eigenvalue weighted by atomic mass is 16.6. The predicted molar refractivity (Wildman–Crippen MR) is 101 cm³/mol. The minimum absolute atomic E-state index is 0.0533. The Morgan fingerprint density at radius 3 is 2.78 bits per heavy atom. The van der Waals surface area contributed by atoms with Crippen LogP contribution in [0.15, 0.2) is 42.5 Å². The van der Waals surface area contributed by atoms with Crippen molar-refractivity contribution in [3.63, 3.8) is 0 Å². The molecule has 1 saturated heterocycles. The first-order valence-electron chi connectivity index (χ1n) is 9.13. The standard InChI is InChI=1S/C21H22N2O4/c1-14-3-2-4-15(9-14)12-22-21(25)16-10-20(24)23(13-16)17-5-6-18-19(11-17)27-8-7-26-18/h2-6,9,11,16H,7-8,10,12-13H2,1H3,(H,22,25). The molecule has 2 heterocycles. The zero-order valence-electron chi connectivity index (χ0n) is 15.2. The Morgan fingerprint density at radius 2 is 1.96 bits per heavy atom. The smallest absolute Gasteiger partial charge is 0.227 e. The van der Waals surface area contributed by atoms with Gasteiger partial charge in [-0.3, -0.25) is 9.59 Å². The summed E-state index contributed by atoms with van der Waals surface area (Å²) in [5.41, 5.74) is 2.94. The zero-order valence-corrected chi connectivity index (χ0v) is 15.2. The molecule has 0 spiro atoms. The van der Waals surface area contributed by atoms with Crippen LogP contribution in [0.2, 0.25) is 0 Å². The van der Waals surface area contributed by atoms with Crippen molar-refractivity contribution in [2.45, 2.75) is 19.9 Å². The molecule has 6 nitrogen and oxygen atoms in total. The fourth-order valence-corrected chi connectivity index (χ4v) is 3.49. The van der Waals surface area contributed by atoms with Gasteiger partial charge >= 0.3 is 0 Å². The quantitative estimate of drug-likeness (QED) is 0.902. The Labute approximate surface area is 158 Å². The summed E-state index contributed by atoms with van der Waals surface area (Å²) in [6.45, 7) is 3.88. The van der Waals surface area contributed by atoms with Crippen molar-refractivity contribution in [1.29, 1.82) is 0 Å². The molecule has 27 heavy (non-hydrogen) atoms. The van der Waals surface area contributed by atoms with Crippen LogP contribution >= 0.6 is 0 Å². The highest BCUT2D eigenvalue weighted by molar-refractivity contribution is 6.00. The van der Waals surface area contributed by atoms with Gasteiger partial charge in [-0.2, -0.15) is 0 Å². The molecule has 0 aliphatic carbocycles. The van der Waals surface area contributed by atoms with Gasteiger partial charge in [-0.15, -0.1) is 0 Å². The molecule has 2 aromatic rings. The first-order valence-corrected chi connectivity index (χ1v) is 9.13. The maximum Gasteiger partial charge on any atom is 0.227 e. The highest BCUT2D eigenvalue weighted by Gasteiger charge is 2.35. The average Bonchev–Trinajstić information content (AvgIpc) is 3.07. The van der Waals surface area contributed by atoms with Gasteiger partial charge in [-0.1, -0.05) is 29.8 Å². The third-order valence-corrected chi connectivity index (χ3v) is 4.88. The molecule has 0 radical (unpaired) electrons. The van der Waals surface area contributed by atoms with E-state index in [1.807, 2.05) is 43.3 Å². The Morgan fingerprint density at radius 1 is 1.15 bits per heavy atom. The van der Waals surface area contributed by atoms with Gasteiger partial charge in [0.15, 0.2) is 11.5 Å². The van der Waals surface area contributed by atoms with Crippen molar-refractivity contribution >= 4 is 17.5 Å². The number of ether oxygens (including phenoxy) is 2. The van der Waals surface area contributed by atoms with Crippen LogP contribution in [0.3, 0.4) is 0 Å². The summed E-state index contributed by atoms with van der Waals surface area (Å²) in [7, 11) is 0. The van der Waals surface area contributed by atoms with Gasteiger partial charge in [0.25, 0.3) is 0 Å². The molecule has 6 heteroatoms. The van der Waals surface area contributed by atoms with E-state index in [1.165, 1.54) is 0 Å². The van der Waals surface area contributed by atoms with Crippen LogP contribution in [0.4, 0.5) is 5.69 Å². The van der Waals surface area contributed by atoms with Crippen LogP contribution < -0.4 is 19.7 Å². The second kappa shape index (κ2) is 7.31. The Hall–Kier alpha value is -3.02. The van der Waals surface area contributed by atoms with E-state index in [4.69, 9.17) is 9.47 Å². The Kier molecular flexibility index (Phi) is 4.71. The van der Waals surface area contributed by atoms with Crippen LogP contribution in [0, 0.1) is 12.8 Å². The molecule has 1 unspecified atom stereocenters. The Bertz CT molecular complexity index is 880. The highest BCUT2D eigenvalue weighted by Crippen LogP contribution is 2.35. The van der Waals surface area contributed by atoms with Crippen molar-refractivity contribution in [2.75, 3.05) is 24.7 Å². The van der Waals surface area contributed by atoms with Crippen LogP contribution in [0.25, 0.3) is 0 Å². The van der Waals surface area contributed by atoms with Crippen molar-refractivity contribution in [2.24, 2.45) is 5.92 Å². The normalized spacial score (nSPS) is 18.5. The number of hydrogen-bond donors (Lipinski definition) is 1. The number of rotatable bonds is 4. The molecule has 1 fully saturated rings. The lowest BCUT2D eigenvalue weighted by atomic mass is 10.1. The van der Waals surface area contributed by atoms with Crippen LogP contribution in [0.5, 0.6) is 11.5 Å². The predicted octanol–water partition coefficient (Wildman–Crippen LogP) is 2.44. The molecule has 1 atom stereocenters. The number of aryl methyl sites for hydroxylation is 1. The second-order valence-corrected chi connectivity index (χ2v) is 6.94. The van der Waals surface area contributed by atoms with E-state index in [2.05, 4.69) is 5.32 Å². The molecule has 2 aliphatic rings. The summed E-state index contributed by atoms with van der Waals surface area (Å²) in [6.07, 6.45) is 0.216.